The summed E-state index contributed by atoms with van der Waals surface area (Å²) in [5, 5.41) is 1.20. The van der Waals surface area contributed by atoms with Crippen molar-refractivity contribution < 1.29 is 4.74 Å². The zero-order chi connectivity index (χ0) is 13.2. The lowest BCUT2D eigenvalue weighted by Crippen LogP contribution is -2.05. The molecule has 0 saturated heterocycles. The summed E-state index contributed by atoms with van der Waals surface area (Å²) < 4.78 is 5.65. The molecular formula is C17H19NO. The van der Waals surface area contributed by atoms with E-state index in [0.29, 0.717) is 5.92 Å². The first-order chi connectivity index (χ1) is 9.28. The van der Waals surface area contributed by atoms with Gasteiger partial charge in [0.15, 0.2) is 0 Å². The van der Waals surface area contributed by atoms with Crippen LogP contribution in [0.4, 0.5) is 0 Å². The van der Waals surface area contributed by atoms with Crippen LogP contribution < -0.4 is 4.74 Å². The van der Waals surface area contributed by atoms with Gasteiger partial charge < -0.3 is 4.74 Å². The molecule has 1 heterocycles. The van der Waals surface area contributed by atoms with Crippen molar-refractivity contribution in [3.8, 4) is 5.88 Å². The molecule has 2 aromatic rings. The van der Waals surface area contributed by atoms with Gasteiger partial charge in [-0.05, 0) is 36.0 Å². The Labute approximate surface area is 114 Å². The van der Waals surface area contributed by atoms with Crippen LogP contribution in [-0.2, 0) is 6.42 Å². The molecule has 0 saturated carbocycles. The molecule has 0 N–H and O–H groups in total. The Morgan fingerprint density at radius 2 is 2.11 bits per heavy atom. The minimum atomic E-state index is 0.583. The van der Waals surface area contributed by atoms with Gasteiger partial charge in [-0.15, -0.1) is 0 Å². The third kappa shape index (κ3) is 2.35. The van der Waals surface area contributed by atoms with Gasteiger partial charge in [0.25, 0.3) is 0 Å². The first-order valence-electron chi connectivity index (χ1n) is 7.01. The van der Waals surface area contributed by atoms with Gasteiger partial charge >= 0.3 is 0 Å². The van der Waals surface area contributed by atoms with E-state index in [4.69, 9.17) is 9.72 Å². The summed E-state index contributed by atoms with van der Waals surface area (Å²) in [5.41, 5.74) is 3.75. The zero-order valence-corrected chi connectivity index (χ0v) is 11.5. The van der Waals surface area contributed by atoms with Crippen molar-refractivity contribution >= 4 is 17.0 Å². The lowest BCUT2D eigenvalue weighted by molar-refractivity contribution is 0.306. The van der Waals surface area contributed by atoms with E-state index in [-0.39, 0.29) is 0 Å². The van der Waals surface area contributed by atoms with E-state index >= 15 is 0 Å². The third-order valence-corrected chi connectivity index (χ3v) is 3.56. The molecule has 1 aliphatic rings. The van der Waals surface area contributed by atoms with Gasteiger partial charge in [-0.3, -0.25) is 0 Å². The van der Waals surface area contributed by atoms with Crippen molar-refractivity contribution in [2.45, 2.75) is 26.7 Å². The Bertz CT molecular complexity index is 630. The van der Waals surface area contributed by atoms with Gasteiger partial charge in [-0.1, -0.05) is 38.1 Å². The second kappa shape index (κ2) is 5.04. The van der Waals surface area contributed by atoms with Crippen LogP contribution in [0.5, 0.6) is 5.88 Å². The highest BCUT2D eigenvalue weighted by molar-refractivity contribution is 5.86. The van der Waals surface area contributed by atoms with Crippen LogP contribution in [-0.4, -0.2) is 11.6 Å². The molecule has 0 spiro atoms. The number of pyridine rings is 1. The molecule has 2 heteroatoms. The number of aromatic nitrogens is 1. The highest BCUT2D eigenvalue weighted by Gasteiger charge is 2.14. The molecule has 19 heavy (non-hydrogen) atoms. The monoisotopic (exact) mass is 253 g/mol. The van der Waals surface area contributed by atoms with Crippen molar-refractivity contribution in [1.29, 1.82) is 0 Å². The molecule has 1 atom stereocenters. The average Bonchev–Trinajstić information content (AvgIpc) is 2.44. The van der Waals surface area contributed by atoms with Crippen LogP contribution in [0.3, 0.4) is 0 Å². The van der Waals surface area contributed by atoms with Crippen LogP contribution in [0.1, 0.15) is 31.4 Å². The van der Waals surface area contributed by atoms with Crippen LogP contribution >= 0.6 is 0 Å². The van der Waals surface area contributed by atoms with Gasteiger partial charge in [0, 0.05) is 11.5 Å². The van der Waals surface area contributed by atoms with E-state index in [1.165, 1.54) is 16.5 Å². The zero-order valence-electron chi connectivity index (χ0n) is 11.5. The van der Waals surface area contributed by atoms with E-state index in [1.807, 2.05) is 6.07 Å². The van der Waals surface area contributed by atoms with E-state index in [9.17, 15) is 0 Å². The van der Waals surface area contributed by atoms with E-state index in [2.05, 4.69) is 44.2 Å². The summed E-state index contributed by atoms with van der Waals surface area (Å²) >= 11 is 0. The fourth-order valence-corrected chi connectivity index (χ4v) is 2.56. The van der Waals surface area contributed by atoms with Gasteiger partial charge in [-0.2, -0.15) is 0 Å². The second-order valence-corrected chi connectivity index (χ2v) is 5.24. The Hall–Kier alpha value is -1.83. The van der Waals surface area contributed by atoms with Gasteiger partial charge in [0.05, 0.1) is 12.1 Å². The standard InChI is InChI=1S/C17H19NO/c1-3-10-19-16-9-8-14-7-6-13-5-4-12(2)11-15(13)17(14)18-16/h4-9,12H,3,10-11H2,1-2H3. The number of nitrogens with zero attached hydrogens (tertiary/aromatic N) is 1. The Morgan fingerprint density at radius 1 is 1.26 bits per heavy atom. The number of rotatable bonds is 3. The molecular weight excluding hydrogens is 234 g/mol. The Morgan fingerprint density at radius 3 is 2.95 bits per heavy atom. The smallest absolute Gasteiger partial charge is 0.213 e. The summed E-state index contributed by atoms with van der Waals surface area (Å²) in [6.45, 7) is 5.08. The van der Waals surface area contributed by atoms with Gasteiger partial charge in [0.2, 0.25) is 5.88 Å². The number of allylic oxidation sites excluding steroid dienone is 1. The van der Waals surface area contributed by atoms with E-state index in [1.54, 1.807) is 0 Å². The van der Waals surface area contributed by atoms with E-state index in [0.717, 1.165) is 30.8 Å². The first-order valence-corrected chi connectivity index (χ1v) is 7.01. The number of hydrogen-bond donors (Lipinski definition) is 0. The predicted octanol–water partition coefficient (Wildman–Crippen LogP) is 4.23. The number of fused-ring (bicyclic) bond motifs is 3. The lowest BCUT2D eigenvalue weighted by Gasteiger charge is -2.17. The molecule has 1 unspecified atom stereocenters. The van der Waals surface area contributed by atoms with Crippen molar-refractivity contribution in [3.05, 3.63) is 41.5 Å². The van der Waals surface area contributed by atoms with E-state index < -0.39 is 0 Å². The summed E-state index contributed by atoms with van der Waals surface area (Å²) in [6.07, 6.45) is 6.55. The van der Waals surface area contributed by atoms with Crippen molar-refractivity contribution in [2.75, 3.05) is 6.61 Å². The maximum atomic E-state index is 5.65. The minimum Gasteiger partial charge on any atom is -0.478 e. The molecule has 98 valence electrons. The molecule has 0 aliphatic heterocycles. The molecule has 1 aromatic carbocycles. The summed E-state index contributed by atoms with van der Waals surface area (Å²) in [4.78, 5) is 4.70. The molecule has 0 bridgehead atoms. The van der Waals surface area contributed by atoms with Crippen molar-refractivity contribution in [3.63, 3.8) is 0 Å². The first kappa shape index (κ1) is 12.2. The fourth-order valence-electron chi connectivity index (χ4n) is 2.56. The fraction of sp³-hybridized carbons (Fsp3) is 0.353. The topological polar surface area (TPSA) is 22.1 Å². The number of ether oxygens (including phenoxy) is 1. The average molecular weight is 253 g/mol. The van der Waals surface area contributed by atoms with Crippen molar-refractivity contribution in [1.82, 2.24) is 4.98 Å². The van der Waals surface area contributed by atoms with Crippen LogP contribution in [0.25, 0.3) is 17.0 Å². The molecule has 0 fully saturated rings. The van der Waals surface area contributed by atoms with Crippen LogP contribution in [0.15, 0.2) is 30.3 Å². The maximum Gasteiger partial charge on any atom is 0.213 e. The minimum absolute atomic E-state index is 0.583. The normalized spacial score (nSPS) is 17.5. The predicted molar refractivity (Wildman–Crippen MR) is 79.4 cm³/mol. The molecule has 0 amide bonds. The molecule has 1 aromatic heterocycles. The molecule has 1 aliphatic carbocycles. The quantitative estimate of drug-likeness (QED) is 0.816. The summed E-state index contributed by atoms with van der Waals surface area (Å²) in [5.74, 6) is 1.32. The number of hydrogen-bond acceptors (Lipinski definition) is 2. The lowest BCUT2D eigenvalue weighted by atomic mass is 9.89. The second-order valence-electron chi connectivity index (χ2n) is 5.24. The number of benzene rings is 1. The third-order valence-electron chi connectivity index (χ3n) is 3.56. The largest absolute Gasteiger partial charge is 0.478 e. The highest BCUT2D eigenvalue weighted by Crippen LogP contribution is 2.30. The Balaban J connectivity index is 2.09. The molecule has 3 rings (SSSR count). The summed E-state index contributed by atoms with van der Waals surface area (Å²) in [7, 11) is 0. The highest BCUT2D eigenvalue weighted by atomic mass is 16.5. The van der Waals surface area contributed by atoms with Gasteiger partial charge in [-0.25, -0.2) is 4.98 Å². The molecule has 2 nitrogen and oxygen atoms in total. The summed E-state index contributed by atoms with van der Waals surface area (Å²) in [6, 6.07) is 8.41. The van der Waals surface area contributed by atoms with Gasteiger partial charge in [0.1, 0.15) is 0 Å². The van der Waals surface area contributed by atoms with Crippen LogP contribution in [0, 0.1) is 5.92 Å². The molecule has 0 radical (unpaired) electrons. The van der Waals surface area contributed by atoms with Crippen LogP contribution in [0.2, 0.25) is 0 Å². The van der Waals surface area contributed by atoms with Crippen molar-refractivity contribution in [2.24, 2.45) is 5.92 Å². The Kier molecular flexibility index (Phi) is 3.24. The maximum absolute atomic E-state index is 5.65. The SMILES string of the molecule is CCCOc1ccc2ccc3c(c2n1)CC(C)C=C3.